The van der Waals surface area contributed by atoms with E-state index >= 15 is 4.79 Å². The average Bonchev–Trinajstić information content (AvgIpc) is 3.74. The molecule has 2 unspecified atom stereocenters. The predicted molar refractivity (Wildman–Crippen MR) is 183 cm³/mol. The minimum absolute atomic E-state index is 0.0929. The molecular weight excluding hydrogens is 590 g/mol. The number of ether oxygens (including phenoxy) is 1. The molecule has 8 nitrogen and oxygen atoms in total. The largest absolute Gasteiger partial charge is 0.394 e. The lowest BCUT2D eigenvalue weighted by Crippen LogP contribution is -2.60. The van der Waals surface area contributed by atoms with Crippen LogP contribution in [0.5, 0.6) is 0 Å². The normalized spacial score (nSPS) is 25.8. The minimum atomic E-state index is -1.19. The third-order valence-electron chi connectivity index (χ3n) is 10.6. The summed E-state index contributed by atoms with van der Waals surface area (Å²) in [5.74, 6) is -2.44. The van der Waals surface area contributed by atoms with E-state index in [-0.39, 0.29) is 36.8 Å². The number of hydrogen-bond acceptors (Lipinski definition) is 5. The zero-order valence-electron chi connectivity index (χ0n) is 27.3. The van der Waals surface area contributed by atoms with Crippen LogP contribution in [0, 0.1) is 17.8 Å². The van der Waals surface area contributed by atoms with Crippen molar-refractivity contribution in [1.29, 1.82) is 0 Å². The molecule has 0 aromatic heterocycles. The number of likely N-dealkylation sites (tertiary alicyclic amines) is 1. The highest BCUT2D eigenvalue weighted by Crippen LogP contribution is 2.59. The van der Waals surface area contributed by atoms with Crippen LogP contribution < -0.4 is 4.90 Å². The number of aliphatic hydroxyl groups is 1. The zero-order chi connectivity index (χ0) is 33.3. The number of benzene rings is 3. The fourth-order valence-corrected chi connectivity index (χ4v) is 8.17. The van der Waals surface area contributed by atoms with Gasteiger partial charge in [-0.25, -0.2) is 0 Å². The van der Waals surface area contributed by atoms with E-state index in [0.717, 1.165) is 16.3 Å². The third-order valence-corrected chi connectivity index (χ3v) is 10.6. The van der Waals surface area contributed by atoms with Gasteiger partial charge in [0.2, 0.25) is 11.8 Å². The van der Waals surface area contributed by atoms with Gasteiger partial charge < -0.3 is 24.5 Å². The van der Waals surface area contributed by atoms with Gasteiger partial charge in [0.15, 0.2) is 0 Å². The van der Waals surface area contributed by atoms with Crippen LogP contribution in [0.1, 0.15) is 38.7 Å². The van der Waals surface area contributed by atoms with Crippen molar-refractivity contribution in [3.8, 4) is 0 Å². The fraction of sp³-hybridized carbons (Fsp3) is 0.410. The Labute approximate surface area is 277 Å². The van der Waals surface area contributed by atoms with E-state index < -0.39 is 35.6 Å². The fourth-order valence-electron chi connectivity index (χ4n) is 8.17. The van der Waals surface area contributed by atoms with Crippen molar-refractivity contribution >= 4 is 34.2 Å². The highest BCUT2D eigenvalue weighted by molar-refractivity contribution is 6.06. The summed E-state index contributed by atoms with van der Waals surface area (Å²) < 4.78 is 6.78. The van der Waals surface area contributed by atoms with E-state index in [2.05, 4.69) is 13.2 Å². The number of carbonyl (C=O) groups is 3. The summed E-state index contributed by atoms with van der Waals surface area (Å²) in [6.45, 7) is 12.4. The number of carbonyl (C=O) groups excluding carboxylic acids is 3. The van der Waals surface area contributed by atoms with Gasteiger partial charge in [-0.3, -0.25) is 14.4 Å². The van der Waals surface area contributed by atoms with E-state index in [1.807, 2.05) is 86.6 Å². The number of anilines is 1. The Morgan fingerprint density at radius 2 is 1.72 bits per heavy atom. The van der Waals surface area contributed by atoms with E-state index in [4.69, 9.17) is 4.74 Å². The van der Waals surface area contributed by atoms with Gasteiger partial charge in [0.05, 0.1) is 30.6 Å². The zero-order valence-corrected chi connectivity index (χ0v) is 27.3. The van der Waals surface area contributed by atoms with Crippen LogP contribution in [0.4, 0.5) is 5.69 Å². The quantitative estimate of drug-likeness (QED) is 0.256. The molecule has 0 aliphatic carbocycles. The number of fused-ring (bicyclic) bond motifs is 2. The summed E-state index contributed by atoms with van der Waals surface area (Å²) in [5.41, 5.74) is 0.467. The summed E-state index contributed by atoms with van der Waals surface area (Å²) >= 11 is 0. The molecule has 6 rings (SSSR count). The molecule has 8 heteroatoms. The molecule has 3 amide bonds. The predicted octanol–water partition coefficient (Wildman–Crippen LogP) is 5.36. The molecule has 3 heterocycles. The third kappa shape index (κ3) is 5.57. The Bertz CT molecular complexity index is 1660. The molecule has 0 radical (unpaired) electrons. The van der Waals surface area contributed by atoms with Gasteiger partial charge in [0.25, 0.3) is 5.91 Å². The lowest BCUT2D eigenvalue weighted by atomic mass is 9.70. The van der Waals surface area contributed by atoms with Gasteiger partial charge in [-0.2, -0.15) is 0 Å². The monoisotopic (exact) mass is 635 g/mol. The van der Waals surface area contributed by atoms with Crippen molar-refractivity contribution in [2.75, 3.05) is 24.6 Å². The first-order valence-corrected chi connectivity index (χ1v) is 16.7. The van der Waals surface area contributed by atoms with Crippen molar-refractivity contribution in [3.05, 3.63) is 104 Å². The maximum atomic E-state index is 15.1. The second kappa shape index (κ2) is 13.5. The van der Waals surface area contributed by atoms with Gasteiger partial charge in [-0.1, -0.05) is 93.1 Å². The van der Waals surface area contributed by atoms with Crippen molar-refractivity contribution in [1.82, 2.24) is 9.80 Å². The van der Waals surface area contributed by atoms with Crippen LogP contribution in [0.25, 0.3) is 10.8 Å². The molecule has 1 N–H and O–H groups in total. The first-order chi connectivity index (χ1) is 22.8. The van der Waals surface area contributed by atoms with Crippen molar-refractivity contribution in [2.45, 2.75) is 63.4 Å². The lowest BCUT2D eigenvalue weighted by molar-refractivity contribution is -0.148. The van der Waals surface area contributed by atoms with Crippen LogP contribution in [0.15, 0.2) is 98.1 Å². The Morgan fingerprint density at radius 3 is 2.40 bits per heavy atom. The van der Waals surface area contributed by atoms with Crippen molar-refractivity contribution in [2.24, 2.45) is 17.8 Å². The Kier molecular flexibility index (Phi) is 9.35. The van der Waals surface area contributed by atoms with E-state index in [1.165, 1.54) is 0 Å². The molecule has 3 aliphatic heterocycles. The molecule has 1 spiro atoms. The molecule has 3 fully saturated rings. The Hall–Kier alpha value is -4.27. The van der Waals surface area contributed by atoms with Gasteiger partial charge in [-0.15, -0.1) is 13.2 Å². The SMILES string of the molecule is C=CCN(Cc1ccccc1)C(=O)[C@@H]1[C@H]2C(=O)N([C@@H](CO)[C@@H](C)CC)C(C(=O)N(CC=C)c3ccc4ccccc4c3)C23CC[C@H]1O3. The van der Waals surface area contributed by atoms with E-state index in [0.29, 0.717) is 38.0 Å². The number of rotatable bonds is 13. The Balaban J connectivity index is 1.42. The average molecular weight is 636 g/mol. The van der Waals surface area contributed by atoms with Crippen molar-refractivity contribution < 1.29 is 24.2 Å². The van der Waals surface area contributed by atoms with Crippen LogP contribution >= 0.6 is 0 Å². The molecule has 3 aromatic rings. The first kappa shape index (κ1) is 32.7. The molecular formula is C39H45N3O5. The van der Waals surface area contributed by atoms with E-state index in [1.54, 1.807) is 26.9 Å². The summed E-state index contributed by atoms with van der Waals surface area (Å²) in [4.78, 5) is 49.3. The maximum absolute atomic E-state index is 15.1. The minimum Gasteiger partial charge on any atom is -0.394 e. The first-order valence-electron chi connectivity index (χ1n) is 16.7. The molecule has 3 saturated heterocycles. The summed E-state index contributed by atoms with van der Waals surface area (Å²) in [7, 11) is 0. The van der Waals surface area contributed by atoms with Gasteiger partial charge in [0.1, 0.15) is 11.6 Å². The summed E-state index contributed by atoms with van der Waals surface area (Å²) in [6, 6.07) is 21.9. The van der Waals surface area contributed by atoms with Gasteiger partial charge in [0, 0.05) is 25.3 Å². The van der Waals surface area contributed by atoms with E-state index in [9.17, 15) is 14.7 Å². The van der Waals surface area contributed by atoms with Crippen molar-refractivity contribution in [3.63, 3.8) is 0 Å². The van der Waals surface area contributed by atoms with Gasteiger partial charge >= 0.3 is 0 Å². The van der Waals surface area contributed by atoms with Crippen LogP contribution in [0.2, 0.25) is 0 Å². The molecule has 7 atom stereocenters. The summed E-state index contributed by atoms with van der Waals surface area (Å²) in [5, 5.41) is 12.8. The molecule has 3 aromatic carbocycles. The Morgan fingerprint density at radius 1 is 1.02 bits per heavy atom. The van der Waals surface area contributed by atoms with Crippen LogP contribution in [-0.4, -0.2) is 76.1 Å². The maximum Gasteiger partial charge on any atom is 0.253 e. The molecule has 0 saturated carbocycles. The van der Waals surface area contributed by atoms with Crippen LogP contribution in [0.3, 0.4) is 0 Å². The standard InChI is InChI=1S/C39H45N3O5/c1-5-21-40(24-27-13-9-8-10-14-27)36(44)33-32-19-20-39(47-32)34(33)37(45)42(31(25-43)26(4)7-3)35(39)38(46)41(22-6-2)30-18-17-28-15-11-12-16-29(28)23-30/h5-6,8-18,23,26,31-35,43H,1-2,7,19-22,24-25H2,3-4H3/t26-,31-,32+,33-,34-,35?,39?/m0/s1. The highest BCUT2D eigenvalue weighted by Gasteiger charge is 2.75. The lowest BCUT2D eigenvalue weighted by Gasteiger charge is -2.41. The van der Waals surface area contributed by atoms with Crippen LogP contribution in [-0.2, 0) is 25.7 Å². The number of amides is 3. The second-order valence-corrected chi connectivity index (χ2v) is 13.2. The molecule has 47 heavy (non-hydrogen) atoms. The topological polar surface area (TPSA) is 90.4 Å². The molecule has 2 bridgehead atoms. The number of hydrogen-bond donors (Lipinski definition) is 1. The number of nitrogens with zero attached hydrogens (tertiary/aromatic N) is 3. The smallest absolute Gasteiger partial charge is 0.253 e. The summed E-state index contributed by atoms with van der Waals surface area (Å²) in [6.07, 6.45) is 4.63. The number of aliphatic hydroxyl groups excluding tert-OH is 1. The highest BCUT2D eigenvalue weighted by atomic mass is 16.5. The van der Waals surface area contributed by atoms with Gasteiger partial charge in [-0.05, 0) is 47.2 Å². The molecule has 246 valence electrons. The molecule has 3 aliphatic rings. The second-order valence-electron chi connectivity index (χ2n) is 13.2.